The molecule has 0 N–H and O–H groups in total. The summed E-state index contributed by atoms with van der Waals surface area (Å²) in [5, 5.41) is 2.37. The smallest absolute Gasteiger partial charge is 0.330 e. The average Bonchev–Trinajstić information content (AvgIpc) is 3.07. The van der Waals surface area contributed by atoms with Crippen molar-refractivity contribution in [3.05, 3.63) is 151 Å². The molecular weight excluding hydrogens is 558 g/mol. The second-order valence-corrected chi connectivity index (χ2v) is 10.9. The van der Waals surface area contributed by atoms with E-state index in [4.69, 9.17) is 9.47 Å². The minimum Gasteiger partial charge on any atom is -0.462 e. The number of hydrogen-bond donors (Lipinski definition) is 0. The van der Waals surface area contributed by atoms with E-state index in [1.54, 1.807) is 0 Å². The molecule has 45 heavy (non-hydrogen) atoms. The van der Waals surface area contributed by atoms with Gasteiger partial charge in [0, 0.05) is 41.8 Å². The van der Waals surface area contributed by atoms with Crippen LogP contribution in [0.4, 0.5) is 17.1 Å². The summed E-state index contributed by atoms with van der Waals surface area (Å²) in [5.74, 6) is -0.908. The summed E-state index contributed by atoms with van der Waals surface area (Å²) in [5.41, 5.74) is 9.91. The molecule has 0 saturated carbocycles. The lowest BCUT2D eigenvalue weighted by molar-refractivity contribution is -0.138. The molecule has 0 unspecified atom stereocenters. The van der Waals surface area contributed by atoms with E-state index in [1.165, 1.54) is 21.9 Å². The average molecular weight is 596 g/mol. The van der Waals surface area contributed by atoms with Crippen molar-refractivity contribution in [1.29, 1.82) is 0 Å². The van der Waals surface area contributed by atoms with E-state index in [2.05, 4.69) is 129 Å². The maximum atomic E-state index is 11.6. The van der Waals surface area contributed by atoms with Crippen molar-refractivity contribution in [3.63, 3.8) is 0 Å². The maximum absolute atomic E-state index is 11.6. The molecule has 0 atom stereocenters. The molecule has 0 saturated heterocycles. The molecule has 0 spiro atoms. The Bertz CT molecular complexity index is 1850. The van der Waals surface area contributed by atoms with Crippen LogP contribution in [0.2, 0.25) is 0 Å². The summed E-state index contributed by atoms with van der Waals surface area (Å²) >= 11 is 0. The summed E-state index contributed by atoms with van der Waals surface area (Å²) < 4.78 is 10.5. The summed E-state index contributed by atoms with van der Waals surface area (Å²) in [6, 6.07) is 36.3. The van der Waals surface area contributed by atoms with Gasteiger partial charge in [0.2, 0.25) is 0 Å². The largest absolute Gasteiger partial charge is 0.462 e. The fraction of sp³-hybridized carbons (Fsp3) is 0.150. The van der Waals surface area contributed by atoms with Crippen molar-refractivity contribution < 1.29 is 19.1 Å². The van der Waals surface area contributed by atoms with Crippen LogP contribution >= 0.6 is 0 Å². The standard InChI is InChI=1S/C40H37NO4/c1-5-39(42)44-24-22-31-15-16-33(27-34(31)23-25-45-40(43)6-2)30-17-20-35(21-18-30)41(36-19-14-28(3)29(4)26-36)38-13-9-11-32-10-7-8-12-37(32)38/h5-21,26-27H,1-2,22-25H2,3-4H3. The number of nitrogens with zero attached hydrogens (tertiary/aromatic N) is 1. The van der Waals surface area contributed by atoms with E-state index in [0.717, 1.165) is 51.5 Å². The first kappa shape index (κ1) is 31.0. The highest BCUT2D eigenvalue weighted by molar-refractivity contribution is 5.99. The molecule has 0 heterocycles. The van der Waals surface area contributed by atoms with Crippen molar-refractivity contribution in [2.75, 3.05) is 18.1 Å². The van der Waals surface area contributed by atoms with E-state index in [1.807, 2.05) is 6.07 Å². The van der Waals surface area contributed by atoms with Crippen molar-refractivity contribution in [2.24, 2.45) is 0 Å². The van der Waals surface area contributed by atoms with Gasteiger partial charge in [-0.25, -0.2) is 9.59 Å². The van der Waals surface area contributed by atoms with Gasteiger partial charge in [-0.2, -0.15) is 0 Å². The van der Waals surface area contributed by atoms with Crippen LogP contribution in [-0.2, 0) is 31.9 Å². The molecular formula is C40H37NO4. The summed E-state index contributed by atoms with van der Waals surface area (Å²) in [6.45, 7) is 11.7. The molecule has 0 aliphatic carbocycles. The third kappa shape index (κ3) is 7.39. The zero-order valence-electron chi connectivity index (χ0n) is 25.8. The van der Waals surface area contributed by atoms with E-state index >= 15 is 0 Å². The normalized spacial score (nSPS) is 10.7. The summed E-state index contributed by atoms with van der Waals surface area (Å²) in [6.07, 6.45) is 3.38. The highest BCUT2D eigenvalue weighted by atomic mass is 16.5. The van der Waals surface area contributed by atoms with Crippen molar-refractivity contribution in [1.82, 2.24) is 0 Å². The van der Waals surface area contributed by atoms with Gasteiger partial charge in [0.15, 0.2) is 0 Å². The quantitative estimate of drug-likeness (QED) is 0.106. The maximum Gasteiger partial charge on any atom is 0.330 e. The number of benzene rings is 5. The Morgan fingerprint density at radius 3 is 1.96 bits per heavy atom. The zero-order valence-corrected chi connectivity index (χ0v) is 25.8. The summed E-state index contributed by atoms with van der Waals surface area (Å²) in [7, 11) is 0. The van der Waals surface area contributed by atoms with Gasteiger partial charge in [-0.3, -0.25) is 0 Å². The molecule has 0 fully saturated rings. The molecule has 0 bridgehead atoms. The minimum absolute atomic E-state index is 0.225. The minimum atomic E-state index is -0.456. The van der Waals surface area contributed by atoms with Crippen LogP contribution < -0.4 is 4.90 Å². The van der Waals surface area contributed by atoms with Crippen LogP contribution in [0.5, 0.6) is 0 Å². The highest BCUT2D eigenvalue weighted by Crippen LogP contribution is 2.40. The monoisotopic (exact) mass is 595 g/mol. The number of carbonyl (C=O) groups is 2. The molecule has 0 aliphatic heterocycles. The van der Waals surface area contributed by atoms with Crippen LogP contribution in [0.15, 0.2) is 128 Å². The Morgan fingerprint density at radius 1 is 0.644 bits per heavy atom. The number of aryl methyl sites for hydroxylation is 2. The topological polar surface area (TPSA) is 55.8 Å². The van der Waals surface area contributed by atoms with Gasteiger partial charge in [-0.1, -0.05) is 86.0 Å². The molecule has 5 aromatic carbocycles. The molecule has 226 valence electrons. The Morgan fingerprint density at radius 2 is 1.27 bits per heavy atom. The molecule has 5 rings (SSSR count). The molecule has 0 radical (unpaired) electrons. The van der Waals surface area contributed by atoms with Crippen LogP contribution in [-0.4, -0.2) is 25.2 Å². The van der Waals surface area contributed by atoms with Gasteiger partial charge in [0.1, 0.15) is 0 Å². The number of carbonyl (C=O) groups excluding carboxylic acids is 2. The van der Waals surface area contributed by atoms with Crippen molar-refractivity contribution in [3.8, 4) is 11.1 Å². The SMILES string of the molecule is C=CC(=O)OCCc1ccc(-c2ccc(N(c3ccc(C)c(C)c3)c3cccc4ccccc34)cc2)cc1CCOC(=O)C=C. The van der Waals surface area contributed by atoms with Crippen LogP contribution in [0.3, 0.4) is 0 Å². The lowest BCUT2D eigenvalue weighted by atomic mass is 9.95. The zero-order chi connectivity index (χ0) is 31.8. The van der Waals surface area contributed by atoms with E-state index in [-0.39, 0.29) is 13.2 Å². The Labute approximate surface area is 265 Å². The Hall–Kier alpha value is -5.42. The molecule has 5 heteroatoms. The van der Waals surface area contributed by atoms with Crippen LogP contribution in [0.25, 0.3) is 21.9 Å². The van der Waals surface area contributed by atoms with Gasteiger partial charge in [-0.05, 0) is 82.9 Å². The van der Waals surface area contributed by atoms with Gasteiger partial charge in [-0.15, -0.1) is 0 Å². The molecule has 0 aromatic heterocycles. The lowest BCUT2D eigenvalue weighted by Crippen LogP contribution is -2.11. The fourth-order valence-corrected chi connectivity index (χ4v) is 5.42. The third-order valence-electron chi connectivity index (χ3n) is 7.99. The third-order valence-corrected chi connectivity index (χ3v) is 7.99. The second kappa shape index (κ2) is 14.4. The Kier molecular flexibility index (Phi) is 9.90. The summed E-state index contributed by atoms with van der Waals surface area (Å²) in [4.78, 5) is 25.5. The lowest BCUT2D eigenvalue weighted by Gasteiger charge is -2.27. The van der Waals surface area contributed by atoms with Crippen molar-refractivity contribution in [2.45, 2.75) is 26.7 Å². The molecule has 5 aromatic rings. The predicted octanol–water partition coefficient (Wildman–Crippen LogP) is 9.14. The first-order valence-corrected chi connectivity index (χ1v) is 15.0. The van der Waals surface area contributed by atoms with E-state index in [0.29, 0.717) is 12.8 Å². The van der Waals surface area contributed by atoms with Crippen LogP contribution in [0, 0.1) is 13.8 Å². The highest BCUT2D eigenvalue weighted by Gasteiger charge is 2.16. The number of rotatable bonds is 12. The van der Waals surface area contributed by atoms with E-state index in [9.17, 15) is 9.59 Å². The first-order chi connectivity index (χ1) is 21.9. The molecule has 0 aliphatic rings. The second-order valence-electron chi connectivity index (χ2n) is 10.9. The van der Waals surface area contributed by atoms with Gasteiger partial charge in [0.25, 0.3) is 0 Å². The Balaban J connectivity index is 1.49. The van der Waals surface area contributed by atoms with Gasteiger partial charge in [0.05, 0.1) is 18.9 Å². The molecule has 5 nitrogen and oxygen atoms in total. The molecule has 0 amide bonds. The number of esters is 2. The number of hydrogen-bond acceptors (Lipinski definition) is 5. The fourth-order valence-electron chi connectivity index (χ4n) is 5.42. The number of fused-ring (bicyclic) bond motifs is 1. The first-order valence-electron chi connectivity index (χ1n) is 15.0. The number of anilines is 3. The van der Waals surface area contributed by atoms with Crippen LogP contribution in [0.1, 0.15) is 22.3 Å². The van der Waals surface area contributed by atoms with Crippen molar-refractivity contribution >= 4 is 39.8 Å². The van der Waals surface area contributed by atoms with E-state index < -0.39 is 11.9 Å². The number of ether oxygens (including phenoxy) is 2. The van der Waals surface area contributed by atoms with Gasteiger partial charge < -0.3 is 14.4 Å². The van der Waals surface area contributed by atoms with Gasteiger partial charge >= 0.3 is 11.9 Å². The predicted molar refractivity (Wildman–Crippen MR) is 183 cm³/mol.